The van der Waals surface area contributed by atoms with E-state index in [9.17, 15) is 0 Å². The molecule has 0 radical (unpaired) electrons. The fourth-order valence-electron chi connectivity index (χ4n) is 2.38. The molecule has 0 heteroatoms. The largest absolute Gasteiger partial charge is 0.0883 e. The van der Waals surface area contributed by atoms with Crippen LogP contribution in [0.4, 0.5) is 0 Å². The number of hydrogen-bond acceptors (Lipinski definition) is 0. The van der Waals surface area contributed by atoms with Crippen LogP contribution < -0.4 is 0 Å². The van der Waals surface area contributed by atoms with Crippen molar-refractivity contribution in [1.29, 1.82) is 0 Å². The van der Waals surface area contributed by atoms with E-state index in [1.165, 1.54) is 57.8 Å². The monoisotopic (exact) mass is 238 g/mol. The molecule has 0 aromatic heterocycles. The molecule has 0 spiro atoms. The highest BCUT2D eigenvalue weighted by Gasteiger charge is 2.07. The lowest BCUT2D eigenvalue weighted by Crippen LogP contribution is -2.02. The second kappa shape index (κ2) is 12.2. The van der Waals surface area contributed by atoms with Gasteiger partial charge in [-0.25, -0.2) is 0 Å². The van der Waals surface area contributed by atoms with Gasteiger partial charge in [-0.05, 0) is 43.9 Å². The summed E-state index contributed by atoms with van der Waals surface area (Å²) in [6.45, 7) is 9.26. The normalized spacial score (nSPS) is 13.7. The second-order valence-corrected chi connectivity index (χ2v) is 5.35. The molecule has 0 N–H and O–H groups in total. The van der Waals surface area contributed by atoms with E-state index < -0.39 is 0 Å². The maximum absolute atomic E-state index is 2.48. The van der Waals surface area contributed by atoms with E-state index in [0.717, 1.165) is 11.8 Å². The van der Waals surface area contributed by atoms with Gasteiger partial charge in [0.25, 0.3) is 0 Å². The molecule has 0 aliphatic carbocycles. The molecule has 0 aromatic rings. The Hall–Kier alpha value is -0.260. The summed E-state index contributed by atoms with van der Waals surface area (Å²) >= 11 is 0. The quantitative estimate of drug-likeness (QED) is 0.290. The molecule has 0 saturated heterocycles. The van der Waals surface area contributed by atoms with Crippen LogP contribution in [0.5, 0.6) is 0 Å². The molecular weight excluding hydrogens is 204 g/mol. The predicted molar refractivity (Wildman–Crippen MR) is 80.4 cm³/mol. The zero-order valence-corrected chi connectivity index (χ0v) is 12.7. The van der Waals surface area contributed by atoms with Crippen LogP contribution in [-0.4, -0.2) is 0 Å². The molecule has 0 aromatic carbocycles. The van der Waals surface area contributed by atoms with E-state index in [-0.39, 0.29) is 0 Å². The summed E-state index contributed by atoms with van der Waals surface area (Å²) in [6, 6.07) is 0. The van der Waals surface area contributed by atoms with Gasteiger partial charge in [0.2, 0.25) is 0 Å². The molecule has 0 heterocycles. The number of unbranched alkanes of at least 4 members (excludes halogenated alkanes) is 3. The van der Waals surface area contributed by atoms with Crippen molar-refractivity contribution in [2.75, 3.05) is 0 Å². The van der Waals surface area contributed by atoms with Crippen LogP contribution >= 0.6 is 0 Å². The molecule has 1 unspecified atom stereocenters. The first-order valence-corrected chi connectivity index (χ1v) is 7.94. The average Bonchev–Trinajstić information content (AvgIpc) is 2.37. The topological polar surface area (TPSA) is 0 Å². The average molecular weight is 238 g/mol. The number of allylic oxidation sites excluding steroid dienone is 2. The zero-order chi connectivity index (χ0) is 12.9. The molecule has 0 aliphatic rings. The van der Waals surface area contributed by atoms with Gasteiger partial charge in [0, 0.05) is 0 Å². The van der Waals surface area contributed by atoms with E-state index in [0.29, 0.717) is 0 Å². The Labute approximate surface area is 110 Å². The highest BCUT2D eigenvalue weighted by atomic mass is 14.1. The van der Waals surface area contributed by atoms with Crippen LogP contribution in [0, 0.1) is 11.8 Å². The first-order chi connectivity index (χ1) is 8.28. The van der Waals surface area contributed by atoms with Crippen LogP contribution in [0.3, 0.4) is 0 Å². The molecule has 0 amide bonds. The van der Waals surface area contributed by atoms with Crippen molar-refractivity contribution in [3.8, 4) is 0 Å². The Balaban J connectivity index is 3.74. The van der Waals surface area contributed by atoms with Gasteiger partial charge in [0.1, 0.15) is 0 Å². The third kappa shape index (κ3) is 9.44. The summed E-state index contributed by atoms with van der Waals surface area (Å²) in [6.07, 6.45) is 17.1. The van der Waals surface area contributed by atoms with Gasteiger partial charge in [0.05, 0.1) is 0 Å². The first kappa shape index (κ1) is 16.7. The van der Waals surface area contributed by atoms with Gasteiger partial charge in [-0.1, -0.05) is 65.5 Å². The Morgan fingerprint density at radius 3 is 2.06 bits per heavy atom. The molecule has 0 nitrogen and oxygen atoms in total. The molecule has 0 saturated carbocycles. The smallest absolute Gasteiger partial charge is 0.0236 e. The first-order valence-electron chi connectivity index (χ1n) is 7.94. The second-order valence-electron chi connectivity index (χ2n) is 5.35. The van der Waals surface area contributed by atoms with Gasteiger partial charge in [0.15, 0.2) is 0 Å². The van der Waals surface area contributed by atoms with E-state index in [1.54, 1.807) is 0 Å². The molecule has 0 aliphatic heterocycles. The summed E-state index contributed by atoms with van der Waals surface area (Å²) in [5.41, 5.74) is 0. The van der Waals surface area contributed by atoms with Crippen LogP contribution in [0.1, 0.15) is 85.5 Å². The number of rotatable bonds is 11. The fraction of sp³-hybridized carbons (Fsp3) is 0.882. The Morgan fingerprint density at radius 1 is 0.824 bits per heavy atom. The van der Waals surface area contributed by atoms with E-state index in [1.807, 2.05) is 0 Å². The minimum Gasteiger partial charge on any atom is -0.0883 e. The van der Waals surface area contributed by atoms with Crippen LogP contribution in [0.15, 0.2) is 12.2 Å². The summed E-state index contributed by atoms with van der Waals surface area (Å²) in [7, 11) is 0. The van der Waals surface area contributed by atoms with Crippen LogP contribution in [0.25, 0.3) is 0 Å². The molecular formula is C17H34. The van der Waals surface area contributed by atoms with Gasteiger partial charge < -0.3 is 0 Å². The van der Waals surface area contributed by atoms with Crippen molar-refractivity contribution >= 4 is 0 Å². The fourth-order valence-corrected chi connectivity index (χ4v) is 2.38. The Morgan fingerprint density at radius 2 is 1.53 bits per heavy atom. The summed E-state index contributed by atoms with van der Waals surface area (Å²) in [5.74, 6) is 1.79. The molecule has 0 bridgehead atoms. The summed E-state index contributed by atoms with van der Waals surface area (Å²) < 4.78 is 0. The van der Waals surface area contributed by atoms with E-state index >= 15 is 0 Å². The molecule has 0 rings (SSSR count). The van der Waals surface area contributed by atoms with Gasteiger partial charge in [-0.3, -0.25) is 0 Å². The van der Waals surface area contributed by atoms with Crippen molar-refractivity contribution in [2.24, 2.45) is 11.8 Å². The van der Waals surface area contributed by atoms with Crippen molar-refractivity contribution in [3.63, 3.8) is 0 Å². The predicted octanol–water partition coefficient (Wildman–Crippen LogP) is 6.37. The minimum atomic E-state index is 0.831. The summed E-state index contributed by atoms with van der Waals surface area (Å²) in [5, 5.41) is 0. The third-order valence-corrected chi connectivity index (χ3v) is 4.01. The summed E-state index contributed by atoms with van der Waals surface area (Å²) in [4.78, 5) is 0. The third-order valence-electron chi connectivity index (χ3n) is 4.01. The van der Waals surface area contributed by atoms with E-state index in [2.05, 4.69) is 39.8 Å². The highest BCUT2D eigenvalue weighted by molar-refractivity contribution is 4.88. The van der Waals surface area contributed by atoms with Crippen molar-refractivity contribution < 1.29 is 0 Å². The lowest BCUT2D eigenvalue weighted by molar-refractivity contribution is 0.402. The van der Waals surface area contributed by atoms with Gasteiger partial charge >= 0.3 is 0 Å². The maximum atomic E-state index is 2.48. The van der Waals surface area contributed by atoms with Gasteiger partial charge in [-0.15, -0.1) is 0 Å². The lowest BCUT2D eigenvalue weighted by Gasteiger charge is -2.15. The molecule has 1 atom stereocenters. The molecule has 102 valence electrons. The zero-order valence-electron chi connectivity index (χ0n) is 12.7. The minimum absolute atomic E-state index is 0.831. The van der Waals surface area contributed by atoms with Crippen LogP contribution in [0.2, 0.25) is 0 Å². The van der Waals surface area contributed by atoms with E-state index in [4.69, 9.17) is 0 Å². The van der Waals surface area contributed by atoms with Gasteiger partial charge in [-0.2, -0.15) is 0 Å². The van der Waals surface area contributed by atoms with Crippen LogP contribution in [-0.2, 0) is 0 Å². The standard InChI is InChI=1S/C17H34/c1-5-9-10-11-12-13-17(8-4)15-14-16(6-2)7-3/h12-13,16-17H,5-11,14-15H2,1-4H3/b13-12+. The lowest BCUT2D eigenvalue weighted by atomic mass is 9.90. The molecule has 0 fully saturated rings. The maximum Gasteiger partial charge on any atom is -0.0236 e. The van der Waals surface area contributed by atoms with Crippen molar-refractivity contribution in [2.45, 2.75) is 85.5 Å². The Bertz CT molecular complexity index is 165. The Kier molecular flexibility index (Phi) is 12.0. The number of hydrogen-bond donors (Lipinski definition) is 0. The van der Waals surface area contributed by atoms with Crippen molar-refractivity contribution in [1.82, 2.24) is 0 Å². The highest BCUT2D eigenvalue weighted by Crippen LogP contribution is 2.21. The van der Waals surface area contributed by atoms with Crippen molar-refractivity contribution in [3.05, 3.63) is 12.2 Å². The molecule has 17 heavy (non-hydrogen) atoms. The SMILES string of the molecule is CCCCC/C=C/C(CC)CCC(CC)CC.